The molecule has 1 heterocycles. The van der Waals surface area contributed by atoms with Crippen LogP contribution in [0, 0.1) is 10.1 Å². The Morgan fingerprint density at radius 3 is 3.00 bits per heavy atom. The second kappa shape index (κ2) is 4.14. The van der Waals surface area contributed by atoms with Gasteiger partial charge in [0.2, 0.25) is 0 Å². The molecule has 7 heteroatoms. The number of aryl methyl sites for hydroxylation is 1. The molecule has 0 aliphatic heterocycles. The number of nitrogens with two attached hydrogens (primary N) is 1. The summed E-state index contributed by atoms with van der Waals surface area (Å²) in [6.07, 6.45) is -0.341. The Morgan fingerprint density at radius 1 is 1.86 bits per heavy atom. The third-order valence-corrected chi connectivity index (χ3v) is 1.88. The van der Waals surface area contributed by atoms with Crippen molar-refractivity contribution >= 4 is 5.69 Å². The van der Waals surface area contributed by atoms with Crippen LogP contribution < -0.4 is 5.73 Å². The molecule has 1 unspecified atom stereocenters. The number of alkyl halides is 1. The van der Waals surface area contributed by atoms with E-state index in [4.69, 9.17) is 5.73 Å². The van der Waals surface area contributed by atoms with E-state index in [0.29, 0.717) is 0 Å². The fourth-order valence-electron chi connectivity index (χ4n) is 1.22. The summed E-state index contributed by atoms with van der Waals surface area (Å²) >= 11 is 0. The van der Waals surface area contributed by atoms with Crippen LogP contribution in [0.4, 0.5) is 10.1 Å². The largest absolute Gasteiger partial charge is 0.330 e. The Morgan fingerprint density at radius 2 is 2.50 bits per heavy atom. The van der Waals surface area contributed by atoms with Gasteiger partial charge in [0, 0.05) is 7.05 Å². The molecule has 0 spiro atoms. The number of nitro groups is 1. The van der Waals surface area contributed by atoms with Crippen LogP contribution in [0.1, 0.15) is 18.3 Å². The van der Waals surface area contributed by atoms with E-state index >= 15 is 0 Å². The molecule has 14 heavy (non-hydrogen) atoms. The number of rotatable bonds is 4. The topological polar surface area (TPSA) is 87.0 Å². The van der Waals surface area contributed by atoms with Crippen molar-refractivity contribution in [2.24, 2.45) is 12.8 Å². The molecule has 1 aromatic rings. The first-order valence-electron chi connectivity index (χ1n) is 4.08. The van der Waals surface area contributed by atoms with Crippen LogP contribution in [0.3, 0.4) is 0 Å². The van der Waals surface area contributed by atoms with E-state index in [0.717, 1.165) is 6.20 Å². The van der Waals surface area contributed by atoms with Gasteiger partial charge in [-0.05, 0) is 13.0 Å². The third-order valence-electron chi connectivity index (χ3n) is 1.88. The Kier molecular flexibility index (Phi) is 3.13. The zero-order valence-electron chi connectivity index (χ0n) is 7.68. The molecule has 1 atom stereocenters. The summed E-state index contributed by atoms with van der Waals surface area (Å²) in [5, 5.41) is 14.1. The molecule has 0 saturated carbocycles. The Labute approximate surface area is 79.7 Å². The fourth-order valence-corrected chi connectivity index (χ4v) is 1.22. The molecule has 2 N–H and O–H groups in total. The van der Waals surface area contributed by atoms with Crippen molar-refractivity contribution in [1.82, 2.24) is 9.78 Å². The first-order valence-corrected chi connectivity index (χ1v) is 4.08. The van der Waals surface area contributed by atoms with Crippen molar-refractivity contribution in [1.29, 1.82) is 0 Å². The lowest BCUT2D eigenvalue weighted by Crippen LogP contribution is -2.09. The summed E-state index contributed by atoms with van der Waals surface area (Å²) in [5.74, 6) is 0. The highest BCUT2D eigenvalue weighted by atomic mass is 19.1. The molecule has 0 aliphatic rings. The molecule has 0 aliphatic carbocycles. The average molecular weight is 202 g/mol. The monoisotopic (exact) mass is 202 g/mol. The van der Waals surface area contributed by atoms with Gasteiger partial charge in [-0.3, -0.25) is 14.8 Å². The molecule has 0 saturated heterocycles. The van der Waals surface area contributed by atoms with Crippen LogP contribution in [-0.2, 0) is 7.05 Å². The highest BCUT2D eigenvalue weighted by Gasteiger charge is 2.26. The van der Waals surface area contributed by atoms with E-state index in [9.17, 15) is 14.5 Å². The summed E-state index contributed by atoms with van der Waals surface area (Å²) in [5.41, 5.74) is 4.85. The Bertz CT molecular complexity index is 338. The predicted molar refractivity (Wildman–Crippen MR) is 47.4 cm³/mol. The molecule has 0 amide bonds. The summed E-state index contributed by atoms with van der Waals surface area (Å²) in [7, 11) is 1.46. The molecule has 0 bridgehead atoms. The number of nitrogens with zero attached hydrogens (tertiary/aromatic N) is 3. The van der Waals surface area contributed by atoms with Crippen LogP contribution in [0.5, 0.6) is 0 Å². The first kappa shape index (κ1) is 10.6. The lowest BCUT2D eigenvalue weighted by atomic mass is 10.2. The minimum absolute atomic E-state index is 0.0274. The van der Waals surface area contributed by atoms with E-state index in [-0.39, 0.29) is 24.3 Å². The maximum absolute atomic E-state index is 13.4. The van der Waals surface area contributed by atoms with Crippen molar-refractivity contribution in [2.75, 3.05) is 6.54 Å². The zero-order valence-corrected chi connectivity index (χ0v) is 7.68. The molecule has 0 fully saturated rings. The van der Waals surface area contributed by atoms with Crippen molar-refractivity contribution < 1.29 is 9.31 Å². The zero-order chi connectivity index (χ0) is 10.7. The van der Waals surface area contributed by atoms with E-state index in [1.165, 1.54) is 11.7 Å². The van der Waals surface area contributed by atoms with E-state index < -0.39 is 11.1 Å². The smallest absolute Gasteiger partial charge is 0.313 e. The van der Waals surface area contributed by atoms with Crippen LogP contribution in [-0.4, -0.2) is 21.2 Å². The molecule has 6 nitrogen and oxygen atoms in total. The average Bonchev–Trinajstić information content (AvgIpc) is 2.47. The van der Waals surface area contributed by atoms with Crippen LogP contribution in [0.15, 0.2) is 6.20 Å². The van der Waals surface area contributed by atoms with E-state index in [1.807, 2.05) is 0 Å². The van der Waals surface area contributed by atoms with Gasteiger partial charge in [-0.2, -0.15) is 5.10 Å². The molecular weight excluding hydrogens is 191 g/mol. The minimum Gasteiger partial charge on any atom is -0.330 e. The maximum atomic E-state index is 13.4. The van der Waals surface area contributed by atoms with Gasteiger partial charge >= 0.3 is 5.69 Å². The van der Waals surface area contributed by atoms with Gasteiger partial charge in [-0.1, -0.05) is 0 Å². The highest BCUT2D eigenvalue weighted by molar-refractivity contribution is 5.34. The second-order valence-corrected chi connectivity index (χ2v) is 2.84. The van der Waals surface area contributed by atoms with Crippen molar-refractivity contribution in [3.63, 3.8) is 0 Å². The van der Waals surface area contributed by atoms with Crippen LogP contribution >= 0.6 is 0 Å². The molecule has 1 rings (SSSR count). The number of halogens is 1. The quantitative estimate of drug-likeness (QED) is 0.574. The van der Waals surface area contributed by atoms with Gasteiger partial charge in [-0.15, -0.1) is 0 Å². The number of hydrogen-bond donors (Lipinski definition) is 1. The Hall–Kier alpha value is -1.50. The Balaban J connectivity index is 3.04. The summed E-state index contributed by atoms with van der Waals surface area (Å²) in [6, 6.07) is 0. The van der Waals surface area contributed by atoms with Gasteiger partial charge < -0.3 is 5.73 Å². The molecule has 0 aromatic carbocycles. The summed E-state index contributed by atoms with van der Waals surface area (Å²) < 4.78 is 14.6. The number of aromatic nitrogens is 2. The van der Waals surface area contributed by atoms with Crippen molar-refractivity contribution in [2.45, 2.75) is 12.6 Å². The maximum Gasteiger partial charge on any atom is 0.313 e. The molecule has 1 aromatic heterocycles. The van der Waals surface area contributed by atoms with Crippen molar-refractivity contribution in [3.8, 4) is 0 Å². The van der Waals surface area contributed by atoms with Gasteiger partial charge in [0.1, 0.15) is 18.1 Å². The number of hydrogen-bond acceptors (Lipinski definition) is 4. The molecule has 78 valence electrons. The third kappa shape index (κ3) is 1.87. The molecular formula is C7H11FN4O2. The first-order chi connectivity index (χ1) is 6.57. The normalized spacial score (nSPS) is 12.8. The second-order valence-electron chi connectivity index (χ2n) is 2.84. The molecule has 0 radical (unpaired) electrons. The standard InChI is InChI=1S/C7H11FN4O2/c1-11-7(5(8)2-3-9)6(4-10-11)12(13)14/h4-5H,2-3,9H2,1H3. The van der Waals surface area contributed by atoms with Gasteiger partial charge in [0.25, 0.3) is 0 Å². The minimum atomic E-state index is -1.44. The van der Waals surface area contributed by atoms with Gasteiger partial charge in [-0.25, -0.2) is 4.39 Å². The summed E-state index contributed by atoms with van der Waals surface area (Å²) in [6.45, 7) is 0.142. The summed E-state index contributed by atoms with van der Waals surface area (Å²) in [4.78, 5) is 9.85. The van der Waals surface area contributed by atoms with Gasteiger partial charge in [0.05, 0.1) is 4.92 Å². The van der Waals surface area contributed by atoms with Crippen molar-refractivity contribution in [3.05, 3.63) is 22.0 Å². The van der Waals surface area contributed by atoms with Crippen LogP contribution in [0.2, 0.25) is 0 Å². The fraction of sp³-hybridized carbons (Fsp3) is 0.571. The van der Waals surface area contributed by atoms with E-state index in [1.54, 1.807) is 0 Å². The lowest BCUT2D eigenvalue weighted by molar-refractivity contribution is -0.386. The van der Waals surface area contributed by atoms with E-state index in [2.05, 4.69) is 5.10 Å². The van der Waals surface area contributed by atoms with Gasteiger partial charge in [0.15, 0.2) is 0 Å². The highest BCUT2D eigenvalue weighted by Crippen LogP contribution is 2.28. The lowest BCUT2D eigenvalue weighted by Gasteiger charge is -2.05. The SMILES string of the molecule is Cn1ncc([N+](=O)[O-])c1C(F)CCN. The van der Waals surface area contributed by atoms with Crippen LogP contribution in [0.25, 0.3) is 0 Å². The predicted octanol–water partition coefficient (Wildman–Crippen LogP) is 0.688.